The Morgan fingerprint density at radius 3 is 2.89 bits per heavy atom. The highest BCUT2D eigenvalue weighted by Crippen LogP contribution is 2.23. The minimum atomic E-state index is -0.547. The summed E-state index contributed by atoms with van der Waals surface area (Å²) in [6.07, 6.45) is 5.08. The van der Waals surface area contributed by atoms with Gasteiger partial charge in [0, 0.05) is 22.8 Å². The predicted octanol–water partition coefficient (Wildman–Crippen LogP) is 1.94. The molecule has 0 aliphatic rings. The molecule has 1 heterocycles. The van der Waals surface area contributed by atoms with E-state index in [-0.39, 0.29) is 0 Å². The fraction of sp³-hybridized carbons (Fsp3) is 0.308. The van der Waals surface area contributed by atoms with Gasteiger partial charge in [0.2, 0.25) is 0 Å². The third kappa shape index (κ3) is 2.81. The number of fused-ring (bicyclic) bond motifs is 1. The van der Waals surface area contributed by atoms with Gasteiger partial charge in [-0.25, -0.2) is 4.79 Å². The number of primary amides is 1. The second-order valence-corrected chi connectivity index (χ2v) is 4.31. The molecule has 0 atom stereocenters. The van der Waals surface area contributed by atoms with Crippen LogP contribution < -0.4 is 16.8 Å². The number of aromatic amines is 1. The molecule has 2 aromatic rings. The molecular weight excluding hydrogens is 228 g/mol. The van der Waals surface area contributed by atoms with Crippen LogP contribution in [-0.4, -0.2) is 17.6 Å². The van der Waals surface area contributed by atoms with Crippen molar-refractivity contribution in [3.05, 3.63) is 30.0 Å². The molecule has 0 unspecified atom stereocenters. The van der Waals surface area contributed by atoms with Crippen LogP contribution in [0.2, 0.25) is 0 Å². The van der Waals surface area contributed by atoms with Crippen LogP contribution in [-0.2, 0) is 6.42 Å². The number of nitrogens with one attached hydrogen (secondary N) is 2. The molecule has 1 aromatic heterocycles. The third-order valence-electron chi connectivity index (χ3n) is 2.94. The summed E-state index contributed by atoms with van der Waals surface area (Å²) < 4.78 is 0. The highest BCUT2D eigenvalue weighted by molar-refractivity contribution is 5.93. The second-order valence-electron chi connectivity index (χ2n) is 4.31. The lowest BCUT2D eigenvalue weighted by Crippen LogP contribution is -2.19. The summed E-state index contributed by atoms with van der Waals surface area (Å²) in [7, 11) is 0. The number of aromatic nitrogens is 1. The van der Waals surface area contributed by atoms with E-state index in [2.05, 4.69) is 10.3 Å². The fourth-order valence-corrected chi connectivity index (χ4v) is 2.07. The molecule has 0 saturated heterocycles. The lowest BCUT2D eigenvalue weighted by Gasteiger charge is -2.03. The molecule has 0 radical (unpaired) electrons. The number of carbonyl (C=O) groups excluding carboxylic acids is 1. The molecule has 5 nitrogen and oxygen atoms in total. The van der Waals surface area contributed by atoms with Crippen LogP contribution in [0.25, 0.3) is 10.9 Å². The van der Waals surface area contributed by atoms with Gasteiger partial charge in [-0.15, -0.1) is 0 Å². The number of anilines is 1. The molecule has 0 saturated carbocycles. The Labute approximate surface area is 106 Å². The van der Waals surface area contributed by atoms with Gasteiger partial charge in [0.15, 0.2) is 0 Å². The minimum absolute atomic E-state index is 0.547. The normalized spacial score (nSPS) is 10.7. The van der Waals surface area contributed by atoms with Crippen LogP contribution in [0.3, 0.4) is 0 Å². The topological polar surface area (TPSA) is 96.9 Å². The molecule has 96 valence electrons. The van der Waals surface area contributed by atoms with Gasteiger partial charge in [-0.1, -0.05) is 0 Å². The van der Waals surface area contributed by atoms with Crippen molar-refractivity contribution < 1.29 is 4.79 Å². The lowest BCUT2D eigenvalue weighted by atomic mass is 10.1. The Hall–Kier alpha value is -2.01. The van der Waals surface area contributed by atoms with Crippen LogP contribution >= 0.6 is 0 Å². The number of hydrogen-bond acceptors (Lipinski definition) is 2. The zero-order valence-electron chi connectivity index (χ0n) is 10.2. The van der Waals surface area contributed by atoms with E-state index in [4.69, 9.17) is 11.5 Å². The Morgan fingerprint density at radius 2 is 2.17 bits per heavy atom. The SMILES string of the molecule is NCCCCc1c[nH]c2ccc(NC(N)=O)cc12. The van der Waals surface area contributed by atoms with Gasteiger partial charge in [-0.2, -0.15) is 0 Å². The van der Waals surface area contributed by atoms with E-state index in [1.807, 2.05) is 24.4 Å². The summed E-state index contributed by atoms with van der Waals surface area (Å²) in [4.78, 5) is 14.0. The van der Waals surface area contributed by atoms with E-state index in [0.29, 0.717) is 0 Å². The van der Waals surface area contributed by atoms with Crippen LogP contribution in [0.1, 0.15) is 18.4 Å². The number of aryl methyl sites for hydroxylation is 1. The molecule has 2 amide bonds. The number of unbranched alkanes of at least 4 members (excludes halogenated alkanes) is 1. The third-order valence-corrected chi connectivity index (χ3v) is 2.94. The summed E-state index contributed by atoms with van der Waals surface area (Å²) >= 11 is 0. The van der Waals surface area contributed by atoms with Crippen LogP contribution in [0.5, 0.6) is 0 Å². The van der Waals surface area contributed by atoms with Crippen molar-refractivity contribution >= 4 is 22.6 Å². The molecule has 6 N–H and O–H groups in total. The van der Waals surface area contributed by atoms with Crippen molar-refractivity contribution in [3.8, 4) is 0 Å². The average Bonchev–Trinajstić information content (AvgIpc) is 2.72. The molecule has 0 aliphatic carbocycles. The summed E-state index contributed by atoms with van der Waals surface area (Å²) in [6, 6.07) is 5.16. The Bertz CT molecular complexity index is 547. The molecule has 2 rings (SSSR count). The van der Waals surface area contributed by atoms with Gasteiger partial charge >= 0.3 is 6.03 Å². The molecule has 5 heteroatoms. The molecular formula is C13H18N4O. The van der Waals surface area contributed by atoms with Gasteiger partial charge in [0.25, 0.3) is 0 Å². The number of rotatable bonds is 5. The quantitative estimate of drug-likeness (QED) is 0.606. The predicted molar refractivity (Wildman–Crippen MR) is 73.5 cm³/mol. The number of urea groups is 1. The van der Waals surface area contributed by atoms with Crippen LogP contribution in [0, 0.1) is 0 Å². The Morgan fingerprint density at radius 1 is 1.33 bits per heavy atom. The van der Waals surface area contributed by atoms with Gasteiger partial charge in [0.1, 0.15) is 0 Å². The maximum atomic E-state index is 10.8. The largest absolute Gasteiger partial charge is 0.361 e. The van der Waals surface area contributed by atoms with Crippen molar-refractivity contribution in [3.63, 3.8) is 0 Å². The second kappa shape index (κ2) is 5.55. The lowest BCUT2D eigenvalue weighted by molar-refractivity contribution is 0.259. The maximum absolute atomic E-state index is 10.8. The highest BCUT2D eigenvalue weighted by atomic mass is 16.2. The van der Waals surface area contributed by atoms with Crippen molar-refractivity contribution in [1.29, 1.82) is 0 Å². The maximum Gasteiger partial charge on any atom is 0.316 e. The first-order valence-electron chi connectivity index (χ1n) is 6.07. The van der Waals surface area contributed by atoms with E-state index >= 15 is 0 Å². The Kier molecular flexibility index (Phi) is 3.84. The molecule has 18 heavy (non-hydrogen) atoms. The number of hydrogen-bond donors (Lipinski definition) is 4. The number of nitrogens with two attached hydrogens (primary N) is 2. The van der Waals surface area contributed by atoms with Crippen molar-refractivity contribution in [2.45, 2.75) is 19.3 Å². The van der Waals surface area contributed by atoms with Gasteiger partial charge in [-0.05, 0) is 49.6 Å². The summed E-state index contributed by atoms with van der Waals surface area (Å²) in [5.41, 5.74) is 13.6. The van der Waals surface area contributed by atoms with Gasteiger partial charge in [0.05, 0.1) is 0 Å². The minimum Gasteiger partial charge on any atom is -0.361 e. The van der Waals surface area contributed by atoms with Crippen molar-refractivity contribution in [1.82, 2.24) is 4.98 Å². The fourth-order valence-electron chi connectivity index (χ4n) is 2.07. The molecule has 0 bridgehead atoms. The first-order chi connectivity index (χ1) is 8.70. The van der Waals surface area contributed by atoms with Crippen molar-refractivity contribution in [2.24, 2.45) is 11.5 Å². The summed E-state index contributed by atoms with van der Waals surface area (Å²) in [5.74, 6) is 0. The number of carbonyl (C=O) groups is 1. The molecule has 0 aliphatic heterocycles. The van der Waals surface area contributed by atoms with Gasteiger partial charge in [-0.3, -0.25) is 0 Å². The highest BCUT2D eigenvalue weighted by Gasteiger charge is 2.05. The van der Waals surface area contributed by atoms with Crippen LogP contribution in [0.4, 0.5) is 10.5 Å². The van der Waals surface area contributed by atoms with E-state index in [1.165, 1.54) is 5.56 Å². The smallest absolute Gasteiger partial charge is 0.316 e. The zero-order valence-corrected chi connectivity index (χ0v) is 10.2. The molecule has 0 spiro atoms. The van der Waals surface area contributed by atoms with E-state index < -0.39 is 6.03 Å². The number of benzene rings is 1. The van der Waals surface area contributed by atoms with E-state index in [0.717, 1.165) is 42.4 Å². The van der Waals surface area contributed by atoms with Crippen molar-refractivity contribution in [2.75, 3.05) is 11.9 Å². The number of H-pyrrole nitrogens is 1. The molecule has 0 fully saturated rings. The van der Waals surface area contributed by atoms with Gasteiger partial charge < -0.3 is 21.8 Å². The van der Waals surface area contributed by atoms with E-state index in [9.17, 15) is 4.79 Å². The zero-order chi connectivity index (χ0) is 13.0. The first kappa shape index (κ1) is 12.4. The van der Waals surface area contributed by atoms with Crippen LogP contribution in [0.15, 0.2) is 24.4 Å². The average molecular weight is 246 g/mol. The first-order valence-corrected chi connectivity index (χ1v) is 6.07. The molecule has 1 aromatic carbocycles. The standard InChI is InChI=1S/C13H18N4O/c14-6-2-1-3-9-8-16-12-5-4-10(7-11(9)12)17-13(15)18/h4-5,7-8,16H,1-3,6,14H2,(H3,15,17,18). The summed E-state index contributed by atoms with van der Waals surface area (Å²) in [5, 5.41) is 3.71. The van der Waals surface area contributed by atoms with E-state index in [1.54, 1.807) is 0 Å². The summed E-state index contributed by atoms with van der Waals surface area (Å²) in [6.45, 7) is 0.719. The monoisotopic (exact) mass is 246 g/mol. The Balaban J connectivity index is 2.22. The number of amides is 2.